The maximum absolute atomic E-state index is 5.06. The summed E-state index contributed by atoms with van der Waals surface area (Å²) in [4.78, 5) is 14.3. The van der Waals surface area contributed by atoms with Crippen LogP contribution < -0.4 is 0 Å². The summed E-state index contributed by atoms with van der Waals surface area (Å²) in [5.41, 5.74) is 16.2. The van der Waals surface area contributed by atoms with E-state index >= 15 is 0 Å². The zero-order chi connectivity index (χ0) is 22.7. The molecule has 0 amide bonds. The molecule has 0 aliphatic heterocycles. The summed E-state index contributed by atoms with van der Waals surface area (Å²) in [6.45, 7) is 0. The molecular formula is C31H18N4. The van der Waals surface area contributed by atoms with Crippen LogP contribution in [-0.4, -0.2) is 19.4 Å². The van der Waals surface area contributed by atoms with Gasteiger partial charge in [0.2, 0.25) is 0 Å². The smallest absolute Gasteiger partial charge is 0.146 e. The zero-order valence-corrected chi connectivity index (χ0v) is 18.8. The van der Waals surface area contributed by atoms with Crippen LogP contribution in [0.1, 0.15) is 22.3 Å². The average molecular weight is 447 g/mol. The first-order valence-electron chi connectivity index (χ1n) is 12.0. The van der Waals surface area contributed by atoms with E-state index in [-0.39, 0.29) is 0 Å². The molecule has 35 heavy (non-hydrogen) atoms. The number of aromatic nitrogens is 4. The van der Waals surface area contributed by atoms with E-state index in [1.54, 1.807) is 0 Å². The van der Waals surface area contributed by atoms with Gasteiger partial charge in [-0.05, 0) is 87.7 Å². The maximum atomic E-state index is 5.06. The first-order chi connectivity index (χ1) is 17.3. The minimum absolute atomic E-state index is 0.952. The summed E-state index contributed by atoms with van der Waals surface area (Å²) in [6, 6.07) is 24.4. The lowest BCUT2D eigenvalue weighted by molar-refractivity contribution is 1.23. The zero-order valence-electron chi connectivity index (χ0n) is 18.8. The predicted molar refractivity (Wildman–Crippen MR) is 140 cm³/mol. The molecular weight excluding hydrogens is 428 g/mol. The fraction of sp³-hybridized carbons (Fsp3) is 0.0645. The monoisotopic (exact) mass is 446 g/mol. The number of imidazole rings is 1. The highest BCUT2D eigenvalue weighted by atomic mass is 15.0. The van der Waals surface area contributed by atoms with Crippen LogP contribution in [0.5, 0.6) is 0 Å². The Bertz CT molecular complexity index is 2070. The number of hydrogen-bond acceptors (Lipinski definition) is 3. The molecule has 0 atom stereocenters. The van der Waals surface area contributed by atoms with Crippen molar-refractivity contribution in [3.63, 3.8) is 0 Å². The summed E-state index contributed by atoms with van der Waals surface area (Å²) in [6.07, 6.45) is 7.58. The topological polar surface area (TPSA) is 43.1 Å². The van der Waals surface area contributed by atoms with Crippen LogP contribution in [0.15, 0.2) is 85.3 Å². The maximum Gasteiger partial charge on any atom is 0.146 e. The number of nitrogens with zero attached hydrogens (tertiary/aromatic N) is 4. The Balaban J connectivity index is 1.41. The number of benzene rings is 3. The van der Waals surface area contributed by atoms with Crippen LogP contribution in [0.4, 0.5) is 0 Å². The molecule has 0 spiro atoms. The van der Waals surface area contributed by atoms with Crippen LogP contribution in [0, 0.1) is 0 Å². The predicted octanol–water partition coefficient (Wildman–Crippen LogP) is 6.73. The van der Waals surface area contributed by atoms with Gasteiger partial charge in [-0.2, -0.15) is 0 Å². The Morgan fingerprint density at radius 3 is 2.66 bits per heavy atom. The summed E-state index contributed by atoms with van der Waals surface area (Å²) in [5.74, 6) is 0. The molecule has 0 saturated carbocycles. The van der Waals surface area contributed by atoms with Crippen LogP contribution in [0.3, 0.4) is 0 Å². The molecule has 2 aliphatic carbocycles. The SMILES string of the molecule is c1ccc2c(c1)Cc1ccc3c(c1-2)Cc1cc2c(cc1-3)c1nc3ccncc3n1c1cccnc21. The van der Waals surface area contributed by atoms with Crippen molar-refractivity contribution in [2.24, 2.45) is 0 Å². The van der Waals surface area contributed by atoms with E-state index in [0.29, 0.717) is 0 Å². The van der Waals surface area contributed by atoms with Crippen molar-refractivity contribution >= 4 is 38.5 Å². The summed E-state index contributed by atoms with van der Waals surface area (Å²) >= 11 is 0. The molecule has 4 aromatic heterocycles. The van der Waals surface area contributed by atoms with E-state index in [0.717, 1.165) is 45.9 Å². The molecule has 2 aliphatic rings. The van der Waals surface area contributed by atoms with Crippen molar-refractivity contribution in [1.82, 2.24) is 19.4 Å². The Morgan fingerprint density at radius 2 is 1.66 bits per heavy atom. The summed E-state index contributed by atoms with van der Waals surface area (Å²) in [7, 11) is 0. The van der Waals surface area contributed by atoms with Crippen LogP contribution >= 0.6 is 0 Å². The number of fused-ring (bicyclic) bond motifs is 15. The van der Waals surface area contributed by atoms with Gasteiger partial charge < -0.3 is 0 Å². The molecule has 162 valence electrons. The number of hydrogen-bond donors (Lipinski definition) is 0. The molecule has 4 heteroatoms. The minimum Gasteiger partial charge on any atom is -0.289 e. The van der Waals surface area contributed by atoms with Gasteiger partial charge in [-0.15, -0.1) is 0 Å². The summed E-state index contributed by atoms with van der Waals surface area (Å²) in [5, 5.41) is 2.31. The van der Waals surface area contributed by atoms with E-state index in [9.17, 15) is 0 Å². The highest BCUT2D eigenvalue weighted by molar-refractivity contribution is 6.14. The minimum atomic E-state index is 0.952. The fourth-order valence-electron chi connectivity index (χ4n) is 6.48. The molecule has 0 N–H and O–H groups in total. The van der Waals surface area contributed by atoms with Gasteiger partial charge in [0.15, 0.2) is 0 Å². The van der Waals surface area contributed by atoms with Crippen LogP contribution in [0.2, 0.25) is 0 Å². The molecule has 3 aromatic carbocycles. The van der Waals surface area contributed by atoms with Crippen molar-refractivity contribution in [1.29, 1.82) is 0 Å². The normalized spacial score (nSPS) is 13.5. The van der Waals surface area contributed by atoms with Crippen molar-refractivity contribution in [3.8, 4) is 22.3 Å². The summed E-state index contributed by atoms with van der Waals surface area (Å²) < 4.78 is 2.22. The van der Waals surface area contributed by atoms with Crippen molar-refractivity contribution < 1.29 is 0 Å². The molecule has 0 saturated heterocycles. The lowest BCUT2D eigenvalue weighted by Gasteiger charge is -2.11. The standard InChI is InChI=1S/C31H18N4/c1-2-5-20-17(4-1)12-18-7-8-21-22-15-25-24(14-19(22)13-23(21)29(18)20)30-27(6-3-10-33-30)35-28-16-32-11-9-26(28)34-31(25)35/h1-11,14-16H,12-13H2. The highest BCUT2D eigenvalue weighted by Crippen LogP contribution is 2.49. The second kappa shape index (κ2) is 6.10. The van der Waals surface area contributed by atoms with Gasteiger partial charge >= 0.3 is 0 Å². The molecule has 0 unspecified atom stereocenters. The second-order valence-corrected chi connectivity index (χ2v) is 9.70. The second-order valence-electron chi connectivity index (χ2n) is 9.70. The first-order valence-corrected chi connectivity index (χ1v) is 12.0. The molecule has 7 aromatic rings. The molecule has 0 radical (unpaired) electrons. The third-order valence-corrected chi connectivity index (χ3v) is 7.95. The quantitative estimate of drug-likeness (QED) is 0.243. The Hall–Kier alpha value is -4.57. The van der Waals surface area contributed by atoms with Gasteiger partial charge in [0.05, 0.1) is 28.3 Å². The van der Waals surface area contributed by atoms with Gasteiger partial charge in [-0.3, -0.25) is 14.4 Å². The lowest BCUT2D eigenvalue weighted by atomic mass is 9.95. The number of pyridine rings is 3. The van der Waals surface area contributed by atoms with Gasteiger partial charge in [-0.1, -0.05) is 36.4 Å². The molecule has 9 rings (SSSR count). The van der Waals surface area contributed by atoms with Gasteiger partial charge in [-0.25, -0.2) is 4.98 Å². The van der Waals surface area contributed by atoms with Crippen LogP contribution in [0.25, 0.3) is 60.7 Å². The average Bonchev–Trinajstić information content (AvgIpc) is 3.58. The Labute approximate surface area is 200 Å². The van der Waals surface area contributed by atoms with E-state index in [2.05, 4.69) is 64.0 Å². The molecule has 0 fully saturated rings. The first kappa shape index (κ1) is 17.8. The largest absolute Gasteiger partial charge is 0.289 e. The Kier molecular flexibility index (Phi) is 3.11. The van der Waals surface area contributed by atoms with Gasteiger partial charge in [0.1, 0.15) is 5.65 Å². The van der Waals surface area contributed by atoms with E-state index in [4.69, 9.17) is 9.97 Å². The lowest BCUT2D eigenvalue weighted by Crippen LogP contribution is -1.94. The number of rotatable bonds is 0. The van der Waals surface area contributed by atoms with Crippen LogP contribution in [-0.2, 0) is 12.8 Å². The third-order valence-electron chi connectivity index (χ3n) is 7.95. The van der Waals surface area contributed by atoms with Crippen molar-refractivity contribution in [2.45, 2.75) is 12.8 Å². The van der Waals surface area contributed by atoms with E-state index in [1.165, 1.54) is 49.9 Å². The Morgan fingerprint density at radius 1 is 0.686 bits per heavy atom. The molecule has 4 nitrogen and oxygen atoms in total. The fourth-order valence-corrected chi connectivity index (χ4v) is 6.48. The molecule has 4 heterocycles. The van der Waals surface area contributed by atoms with Crippen molar-refractivity contribution in [2.75, 3.05) is 0 Å². The third kappa shape index (κ3) is 2.15. The van der Waals surface area contributed by atoms with E-state index < -0.39 is 0 Å². The van der Waals surface area contributed by atoms with Gasteiger partial charge in [0.25, 0.3) is 0 Å². The van der Waals surface area contributed by atoms with Gasteiger partial charge in [0, 0.05) is 23.2 Å². The molecule has 0 bridgehead atoms. The van der Waals surface area contributed by atoms with E-state index in [1.807, 2.05) is 30.7 Å². The highest BCUT2D eigenvalue weighted by Gasteiger charge is 2.29. The van der Waals surface area contributed by atoms with Crippen molar-refractivity contribution in [3.05, 3.63) is 108 Å².